The van der Waals surface area contributed by atoms with E-state index in [1.165, 1.54) is 6.20 Å². The number of H-pyrrole nitrogens is 1. The topological polar surface area (TPSA) is 143 Å². The minimum absolute atomic E-state index is 0. The Morgan fingerprint density at radius 1 is 1.36 bits per heavy atom. The number of aliphatic hydroxyl groups excluding tert-OH is 3. The van der Waals surface area contributed by atoms with E-state index in [1.54, 1.807) is 12.1 Å². The largest absolute Gasteiger partial charge is 1.00 e. The molecule has 0 aliphatic carbocycles. The fourth-order valence-corrected chi connectivity index (χ4v) is 3.51. The van der Waals surface area contributed by atoms with E-state index in [2.05, 4.69) is 20.9 Å². The van der Waals surface area contributed by atoms with Crippen molar-refractivity contribution in [3.05, 3.63) is 33.4 Å². The van der Waals surface area contributed by atoms with Gasteiger partial charge in [0.25, 0.3) is 0 Å². The number of carbonyl (C=O) groups is 1. The van der Waals surface area contributed by atoms with E-state index in [-0.39, 0.29) is 47.0 Å². The van der Waals surface area contributed by atoms with Crippen molar-refractivity contribution in [2.45, 2.75) is 30.2 Å². The first-order chi connectivity index (χ1) is 11.2. The molecule has 25 heavy (non-hydrogen) atoms. The van der Waals surface area contributed by atoms with Crippen LogP contribution in [0.15, 0.2) is 22.8 Å². The molecule has 0 saturated carbocycles. The Kier molecular flexibility index (Phi) is 6.27. The van der Waals surface area contributed by atoms with Gasteiger partial charge in [0.05, 0.1) is 5.02 Å². The van der Waals surface area contributed by atoms with Crippen molar-refractivity contribution in [2.24, 2.45) is 0 Å². The average Bonchev–Trinajstić information content (AvgIpc) is 2.97. The van der Waals surface area contributed by atoms with Gasteiger partial charge in [-0.1, -0.05) is 11.6 Å². The third-order valence-electron chi connectivity index (χ3n) is 4.13. The zero-order valence-corrected chi connectivity index (χ0v) is 17.2. The summed E-state index contributed by atoms with van der Waals surface area (Å²) in [7, 11) is 0. The second-order valence-corrected chi connectivity index (χ2v) is 6.72. The number of benzene rings is 1. The minimum atomic E-state index is -2.55. The summed E-state index contributed by atoms with van der Waals surface area (Å²) in [5, 5.41) is 50.5. The van der Waals surface area contributed by atoms with Crippen molar-refractivity contribution in [3.8, 4) is 0 Å². The number of carboxylic acid groups (broad SMARTS) is 1. The number of nitrogens with one attached hydrogen (secondary N) is 1. The summed E-state index contributed by atoms with van der Waals surface area (Å²) in [5.74, 6) is -1.62. The number of hydrogen-bond acceptors (Lipinski definition) is 6. The van der Waals surface area contributed by atoms with Gasteiger partial charge in [0.2, 0.25) is 0 Å². The molecule has 1 aromatic heterocycles. The van der Waals surface area contributed by atoms with E-state index in [1.807, 2.05) is 0 Å². The standard InChI is InChI=1S/C14H13BrClNO7.Na.H/c15-5-1-2-6-7(8(5)16)4(3-17-6)14(23)10(19)9(18)13(22)24-11(14)12(20)21;;/h1-3,9-11,13,17-19,22-23H,(H,20,21);;/q;+1;-1/t9-,10-,11-,13-,14+;;/m1../s1. The predicted molar refractivity (Wildman–Crippen MR) is 86.5 cm³/mol. The molecule has 0 amide bonds. The number of aromatic nitrogens is 1. The van der Waals surface area contributed by atoms with Crippen molar-refractivity contribution in [2.75, 3.05) is 0 Å². The number of halogens is 2. The van der Waals surface area contributed by atoms with Gasteiger partial charge in [0.1, 0.15) is 12.2 Å². The molecule has 0 unspecified atom stereocenters. The molecule has 3 rings (SSSR count). The number of fused-ring (bicyclic) bond motifs is 1. The number of rotatable bonds is 2. The SMILES string of the molecule is O=C(O)[C@H]1O[C@@H](O)[C@H](O)[C@@H](O)[C@@]1(O)c1c[nH]c2ccc(Br)c(Cl)c12.[H-].[Na+]. The number of aliphatic carboxylic acids is 1. The summed E-state index contributed by atoms with van der Waals surface area (Å²) in [5.41, 5.74) is -2.15. The van der Waals surface area contributed by atoms with E-state index in [0.717, 1.165) is 0 Å². The van der Waals surface area contributed by atoms with E-state index < -0.39 is 36.2 Å². The van der Waals surface area contributed by atoms with Crippen LogP contribution in [0.1, 0.15) is 6.99 Å². The Morgan fingerprint density at radius 3 is 2.60 bits per heavy atom. The molecule has 2 heterocycles. The quantitative estimate of drug-likeness (QED) is 0.278. The van der Waals surface area contributed by atoms with Gasteiger partial charge >= 0.3 is 35.5 Å². The Bertz CT molecular complexity index is 824. The molecular formula is C14H14BrClNNaO7. The Balaban J connectivity index is 0.00000169. The monoisotopic (exact) mass is 445 g/mol. The van der Waals surface area contributed by atoms with Crippen LogP contribution in [0.3, 0.4) is 0 Å². The molecule has 1 saturated heterocycles. The van der Waals surface area contributed by atoms with Crippen LogP contribution in [-0.4, -0.2) is 61.1 Å². The third-order valence-corrected chi connectivity index (χ3v) is 5.42. The summed E-state index contributed by atoms with van der Waals surface area (Å²) < 4.78 is 5.30. The maximum atomic E-state index is 11.5. The number of hydrogen-bond donors (Lipinski definition) is 6. The smallest absolute Gasteiger partial charge is 1.00 e. The maximum absolute atomic E-state index is 11.5. The van der Waals surface area contributed by atoms with Crippen LogP contribution < -0.4 is 29.6 Å². The van der Waals surface area contributed by atoms with Crippen LogP contribution in [0.4, 0.5) is 0 Å². The molecule has 1 aliphatic rings. The van der Waals surface area contributed by atoms with Gasteiger partial charge in [-0.15, -0.1) is 0 Å². The van der Waals surface area contributed by atoms with Gasteiger partial charge in [-0.25, -0.2) is 4.79 Å². The molecule has 8 nitrogen and oxygen atoms in total. The third kappa shape index (κ3) is 3.16. The van der Waals surface area contributed by atoms with Crippen LogP contribution in [-0.2, 0) is 15.1 Å². The van der Waals surface area contributed by atoms with Gasteiger partial charge in [-0.3, -0.25) is 0 Å². The first-order valence-electron chi connectivity index (χ1n) is 6.80. The molecule has 2 aromatic rings. The van der Waals surface area contributed by atoms with Crippen molar-refractivity contribution in [3.63, 3.8) is 0 Å². The zero-order valence-electron chi connectivity index (χ0n) is 13.8. The van der Waals surface area contributed by atoms with Crippen molar-refractivity contribution >= 4 is 44.4 Å². The molecule has 6 N–H and O–H groups in total. The van der Waals surface area contributed by atoms with Gasteiger partial charge in [-0.05, 0) is 28.1 Å². The Hall–Kier alpha value is -0.200. The van der Waals surface area contributed by atoms with Crippen LogP contribution in [0.2, 0.25) is 5.02 Å². The fourth-order valence-electron chi connectivity index (χ4n) is 2.91. The number of aromatic amines is 1. The molecule has 1 fully saturated rings. The zero-order chi connectivity index (χ0) is 17.8. The summed E-state index contributed by atoms with van der Waals surface area (Å²) >= 11 is 9.46. The number of ether oxygens (including phenoxy) is 1. The van der Waals surface area contributed by atoms with Crippen LogP contribution >= 0.6 is 27.5 Å². The molecule has 0 spiro atoms. The van der Waals surface area contributed by atoms with E-state index in [0.29, 0.717) is 9.99 Å². The number of aliphatic hydroxyl groups is 4. The van der Waals surface area contributed by atoms with Gasteiger partial charge in [0, 0.05) is 27.1 Å². The molecular weight excluding hydrogens is 433 g/mol. The van der Waals surface area contributed by atoms with Crippen LogP contribution in [0, 0.1) is 0 Å². The first kappa shape index (κ1) is 21.1. The van der Waals surface area contributed by atoms with Crippen LogP contribution in [0.5, 0.6) is 0 Å². The van der Waals surface area contributed by atoms with Crippen molar-refractivity contribution in [1.82, 2.24) is 4.98 Å². The molecule has 0 radical (unpaired) electrons. The van der Waals surface area contributed by atoms with Gasteiger partial charge in [-0.2, -0.15) is 0 Å². The minimum Gasteiger partial charge on any atom is -1.00 e. The van der Waals surface area contributed by atoms with Crippen molar-refractivity contribution in [1.29, 1.82) is 0 Å². The van der Waals surface area contributed by atoms with Crippen molar-refractivity contribution < 1.29 is 66.0 Å². The second-order valence-electron chi connectivity index (χ2n) is 5.49. The summed E-state index contributed by atoms with van der Waals surface area (Å²) in [6.45, 7) is 0. The first-order valence-corrected chi connectivity index (χ1v) is 7.97. The van der Waals surface area contributed by atoms with Gasteiger partial charge in [0.15, 0.2) is 18.0 Å². The maximum Gasteiger partial charge on any atom is 1.00 e. The average molecular weight is 447 g/mol. The second kappa shape index (κ2) is 7.43. The van der Waals surface area contributed by atoms with Gasteiger partial charge < -0.3 is 36.7 Å². The molecule has 5 atom stereocenters. The normalized spacial score (nSPS) is 32.4. The molecule has 1 aromatic carbocycles. The molecule has 0 bridgehead atoms. The molecule has 132 valence electrons. The number of carboxylic acids is 1. The summed E-state index contributed by atoms with van der Waals surface area (Å²) in [4.78, 5) is 14.3. The summed E-state index contributed by atoms with van der Waals surface area (Å²) in [6.07, 6.45) is -6.66. The Labute approximate surface area is 178 Å². The van der Waals surface area contributed by atoms with E-state index in [4.69, 9.17) is 16.3 Å². The molecule has 11 heteroatoms. The predicted octanol–water partition coefficient (Wildman–Crippen LogP) is -2.59. The summed E-state index contributed by atoms with van der Waals surface area (Å²) in [6, 6.07) is 3.28. The van der Waals surface area contributed by atoms with E-state index >= 15 is 0 Å². The van der Waals surface area contributed by atoms with Crippen LogP contribution in [0.25, 0.3) is 10.9 Å². The Morgan fingerprint density at radius 2 is 2.00 bits per heavy atom. The fraction of sp³-hybridized carbons (Fsp3) is 0.357. The van der Waals surface area contributed by atoms with E-state index in [9.17, 15) is 30.3 Å². The molecule has 1 aliphatic heterocycles.